The number of hydrogen-bond donors (Lipinski definition) is 2. The van der Waals surface area contributed by atoms with Crippen LogP contribution in [0.25, 0.3) is 16.6 Å². The van der Waals surface area contributed by atoms with Gasteiger partial charge in [0.05, 0.1) is 18.4 Å². The molecule has 0 bridgehead atoms. The summed E-state index contributed by atoms with van der Waals surface area (Å²) in [6.45, 7) is 0. The maximum atomic E-state index is 12.6. The fourth-order valence-electron chi connectivity index (χ4n) is 3.81. The second kappa shape index (κ2) is 7.75. The molecule has 6 heteroatoms. The Bertz CT molecular complexity index is 1260. The summed E-state index contributed by atoms with van der Waals surface area (Å²) >= 11 is 0. The Hall–Kier alpha value is -4.06. The van der Waals surface area contributed by atoms with Gasteiger partial charge in [0, 0.05) is 12.6 Å². The number of benzene rings is 2. The molecule has 2 aromatic carbocycles. The van der Waals surface area contributed by atoms with Gasteiger partial charge in [-0.1, -0.05) is 54.6 Å². The first-order valence-corrected chi connectivity index (χ1v) is 9.39. The van der Waals surface area contributed by atoms with Crippen LogP contribution in [0.2, 0.25) is 0 Å². The Morgan fingerprint density at radius 2 is 1.70 bits per heavy atom. The van der Waals surface area contributed by atoms with Gasteiger partial charge in [0.15, 0.2) is 5.75 Å². The summed E-state index contributed by atoms with van der Waals surface area (Å²) in [5.74, 6) is -1.93. The summed E-state index contributed by atoms with van der Waals surface area (Å²) in [7, 11) is 1.43. The molecule has 0 aliphatic heterocycles. The van der Waals surface area contributed by atoms with Crippen LogP contribution in [0.1, 0.15) is 21.6 Å². The van der Waals surface area contributed by atoms with Crippen LogP contribution in [0.15, 0.2) is 72.9 Å². The molecule has 0 saturated carbocycles. The van der Waals surface area contributed by atoms with Crippen LogP contribution >= 0.6 is 0 Å². The molecule has 0 aliphatic carbocycles. The number of hydrogen-bond acceptors (Lipinski definition) is 4. The van der Waals surface area contributed by atoms with E-state index in [0.717, 1.165) is 16.7 Å². The first-order valence-electron chi connectivity index (χ1n) is 9.39. The predicted molar refractivity (Wildman–Crippen MR) is 114 cm³/mol. The van der Waals surface area contributed by atoms with Gasteiger partial charge >= 0.3 is 0 Å². The Labute approximate surface area is 173 Å². The fraction of sp³-hybridized carbons (Fsp3) is 0.0833. The molecule has 3 N–H and O–H groups in total. The number of ketones is 1. The van der Waals surface area contributed by atoms with Crippen molar-refractivity contribution in [2.45, 2.75) is 6.42 Å². The van der Waals surface area contributed by atoms with Crippen molar-refractivity contribution in [3.63, 3.8) is 0 Å². The molecule has 6 nitrogen and oxygen atoms in total. The van der Waals surface area contributed by atoms with Crippen LogP contribution in [0.4, 0.5) is 0 Å². The van der Waals surface area contributed by atoms with Gasteiger partial charge in [0.2, 0.25) is 0 Å². The van der Waals surface area contributed by atoms with Gasteiger partial charge in [0.1, 0.15) is 11.3 Å². The molecule has 1 amide bonds. The molecule has 2 heterocycles. The summed E-state index contributed by atoms with van der Waals surface area (Å²) in [4.78, 5) is 24.2. The topological polar surface area (TPSA) is 94.0 Å². The normalized spacial score (nSPS) is 10.8. The highest BCUT2D eigenvalue weighted by molar-refractivity contribution is 6.44. The van der Waals surface area contributed by atoms with Gasteiger partial charge in [-0.05, 0) is 28.8 Å². The summed E-state index contributed by atoms with van der Waals surface area (Å²) in [5, 5.41) is 10.4. The summed E-state index contributed by atoms with van der Waals surface area (Å²) < 4.78 is 7.22. The zero-order valence-corrected chi connectivity index (χ0v) is 16.3. The minimum Gasteiger partial charge on any atom is -0.506 e. The van der Waals surface area contributed by atoms with E-state index in [0.29, 0.717) is 12.1 Å². The van der Waals surface area contributed by atoms with Crippen molar-refractivity contribution in [1.82, 2.24) is 4.40 Å². The van der Waals surface area contributed by atoms with Crippen LogP contribution in [0.3, 0.4) is 0 Å². The number of amides is 1. The average Bonchev–Trinajstić information content (AvgIpc) is 3.08. The molecule has 0 spiro atoms. The third-order valence-electron chi connectivity index (χ3n) is 5.10. The van der Waals surface area contributed by atoms with Gasteiger partial charge in [-0.3, -0.25) is 9.59 Å². The number of carbonyl (C=O) groups is 2. The van der Waals surface area contributed by atoms with Gasteiger partial charge in [0.25, 0.3) is 11.7 Å². The zero-order valence-electron chi connectivity index (χ0n) is 16.3. The number of pyridine rings is 1. The molecule has 150 valence electrons. The highest BCUT2D eigenvalue weighted by Crippen LogP contribution is 2.38. The number of rotatable bonds is 6. The van der Waals surface area contributed by atoms with Gasteiger partial charge in [-0.25, -0.2) is 0 Å². The lowest BCUT2D eigenvalue weighted by Crippen LogP contribution is -2.23. The Morgan fingerprint density at radius 3 is 2.40 bits per heavy atom. The number of ether oxygens (including phenoxy) is 1. The number of methoxy groups -OCH3 is 1. The minimum absolute atomic E-state index is 0.0321. The van der Waals surface area contributed by atoms with E-state index in [1.807, 2.05) is 54.6 Å². The molecule has 2 aromatic heterocycles. The highest BCUT2D eigenvalue weighted by atomic mass is 16.5. The van der Waals surface area contributed by atoms with E-state index in [2.05, 4.69) is 0 Å². The largest absolute Gasteiger partial charge is 0.506 e. The zero-order chi connectivity index (χ0) is 21.3. The molecule has 0 unspecified atom stereocenters. The smallest absolute Gasteiger partial charge is 0.290 e. The number of aromatic nitrogens is 1. The average molecular weight is 400 g/mol. The standard InChI is InChI=1S/C24H20N2O4/c1-30-23-18(14-16-10-5-6-11-17(16)15-8-3-2-4-9-15)26-13-7-12-19(27)21(26)20(23)22(28)24(25)29/h2-13,27H,14H2,1H3,(H2,25,29). The second-order valence-corrected chi connectivity index (χ2v) is 6.86. The molecule has 0 atom stereocenters. The van der Waals surface area contributed by atoms with Gasteiger partial charge in [-0.2, -0.15) is 0 Å². The van der Waals surface area contributed by atoms with E-state index in [9.17, 15) is 14.7 Å². The molecule has 30 heavy (non-hydrogen) atoms. The van der Waals surface area contributed by atoms with E-state index < -0.39 is 11.7 Å². The minimum atomic E-state index is -1.11. The third-order valence-corrected chi connectivity index (χ3v) is 5.10. The second-order valence-electron chi connectivity index (χ2n) is 6.86. The summed E-state index contributed by atoms with van der Waals surface area (Å²) in [6, 6.07) is 21.0. The molecule has 0 radical (unpaired) electrons. The van der Waals surface area contributed by atoms with E-state index in [1.165, 1.54) is 13.2 Å². The first-order chi connectivity index (χ1) is 14.5. The van der Waals surface area contributed by atoms with Crippen molar-refractivity contribution in [2.24, 2.45) is 5.73 Å². The number of Topliss-reactive ketones (excluding diaryl/α,β-unsaturated/α-hetero) is 1. The molecular formula is C24H20N2O4. The lowest BCUT2D eigenvalue weighted by atomic mass is 9.96. The lowest BCUT2D eigenvalue weighted by Gasteiger charge is -2.12. The monoisotopic (exact) mass is 400 g/mol. The molecule has 4 rings (SSSR count). The van der Waals surface area contributed by atoms with Crippen LogP contribution in [-0.4, -0.2) is 28.3 Å². The van der Waals surface area contributed by atoms with Crippen LogP contribution in [-0.2, 0) is 11.2 Å². The number of primary amides is 1. The van der Waals surface area contributed by atoms with Crippen LogP contribution in [0.5, 0.6) is 11.5 Å². The summed E-state index contributed by atoms with van der Waals surface area (Å²) in [5.41, 5.74) is 9.16. The first kappa shape index (κ1) is 19.3. The van der Waals surface area contributed by atoms with Crippen LogP contribution in [0, 0.1) is 0 Å². The van der Waals surface area contributed by atoms with Crippen molar-refractivity contribution in [3.05, 3.63) is 89.7 Å². The van der Waals surface area contributed by atoms with Crippen LogP contribution < -0.4 is 10.5 Å². The number of fused-ring (bicyclic) bond motifs is 1. The SMILES string of the molecule is COc1c(C(=O)C(N)=O)c2c(O)cccn2c1Cc1ccccc1-c1ccccc1. The van der Waals surface area contributed by atoms with Gasteiger partial charge < -0.3 is 20.0 Å². The number of aromatic hydroxyl groups is 1. The predicted octanol–water partition coefficient (Wildman–Crippen LogP) is 3.58. The molecule has 0 saturated heterocycles. The van der Waals surface area contributed by atoms with Crippen molar-refractivity contribution in [1.29, 1.82) is 0 Å². The number of carbonyl (C=O) groups excluding carboxylic acids is 2. The Kier molecular flexibility index (Phi) is 4.98. The van der Waals surface area contributed by atoms with E-state index >= 15 is 0 Å². The van der Waals surface area contributed by atoms with Crippen molar-refractivity contribution < 1.29 is 19.4 Å². The number of nitrogens with zero attached hydrogens (tertiary/aromatic N) is 1. The van der Waals surface area contributed by atoms with Crippen molar-refractivity contribution >= 4 is 17.2 Å². The highest BCUT2D eigenvalue weighted by Gasteiger charge is 2.29. The molecule has 0 aliphatic rings. The lowest BCUT2D eigenvalue weighted by molar-refractivity contribution is -0.114. The van der Waals surface area contributed by atoms with Crippen molar-refractivity contribution in [2.75, 3.05) is 7.11 Å². The third kappa shape index (κ3) is 3.18. The maximum absolute atomic E-state index is 12.6. The molecular weight excluding hydrogens is 380 g/mol. The van der Waals surface area contributed by atoms with Crippen molar-refractivity contribution in [3.8, 4) is 22.6 Å². The summed E-state index contributed by atoms with van der Waals surface area (Å²) in [6.07, 6.45) is 2.13. The Morgan fingerprint density at radius 1 is 1.00 bits per heavy atom. The maximum Gasteiger partial charge on any atom is 0.290 e. The fourth-order valence-corrected chi connectivity index (χ4v) is 3.81. The van der Waals surface area contributed by atoms with E-state index in [1.54, 1.807) is 16.7 Å². The van der Waals surface area contributed by atoms with E-state index in [-0.39, 0.29) is 22.6 Å². The van der Waals surface area contributed by atoms with E-state index in [4.69, 9.17) is 10.5 Å². The number of nitrogens with two attached hydrogens (primary N) is 1. The molecule has 0 fully saturated rings. The molecule has 4 aromatic rings. The Balaban J connectivity index is 1.95. The van der Waals surface area contributed by atoms with Gasteiger partial charge in [-0.15, -0.1) is 0 Å². The quantitative estimate of drug-likeness (QED) is 0.382.